The Labute approximate surface area is 170 Å². The summed E-state index contributed by atoms with van der Waals surface area (Å²) >= 11 is 0. The summed E-state index contributed by atoms with van der Waals surface area (Å²) < 4.78 is 27.2. The molecule has 0 aliphatic carbocycles. The van der Waals surface area contributed by atoms with Gasteiger partial charge in [0.1, 0.15) is 24.7 Å². The van der Waals surface area contributed by atoms with Gasteiger partial charge in [0.05, 0.1) is 24.9 Å². The van der Waals surface area contributed by atoms with Crippen LogP contribution >= 0.6 is 0 Å². The minimum atomic E-state index is -0.549. The Morgan fingerprint density at radius 1 is 1.10 bits per heavy atom. The average molecular weight is 402 g/mol. The van der Waals surface area contributed by atoms with Crippen molar-refractivity contribution in [3.05, 3.63) is 59.7 Å². The van der Waals surface area contributed by atoms with Crippen molar-refractivity contribution in [1.29, 1.82) is 0 Å². The van der Waals surface area contributed by atoms with E-state index in [1.54, 1.807) is 18.2 Å². The summed E-state index contributed by atoms with van der Waals surface area (Å²) in [6.45, 7) is 0.391. The molecule has 0 aromatic heterocycles. The maximum absolute atomic E-state index is 12.5. The Hall–Kier alpha value is -2.61. The van der Waals surface area contributed by atoms with E-state index in [2.05, 4.69) is 0 Å². The van der Waals surface area contributed by atoms with Crippen molar-refractivity contribution in [1.82, 2.24) is 0 Å². The third-order valence-corrected chi connectivity index (χ3v) is 4.61. The number of ether oxygens (including phenoxy) is 5. The number of carbonyl (C=O) groups excluding carboxylic acids is 1. The van der Waals surface area contributed by atoms with Gasteiger partial charge in [0, 0.05) is 26.0 Å². The molecule has 7 heteroatoms. The minimum Gasteiger partial charge on any atom is -0.497 e. The molecule has 1 N–H and O–H groups in total. The summed E-state index contributed by atoms with van der Waals surface area (Å²) in [6, 6.07) is 14.6. The second-order valence-electron chi connectivity index (χ2n) is 6.82. The topological polar surface area (TPSA) is 83.5 Å². The molecule has 0 amide bonds. The van der Waals surface area contributed by atoms with E-state index < -0.39 is 24.5 Å². The van der Waals surface area contributed by atoms with Gasteiger partial charge in [-0.2, -0.15) is 0 Å². The van der Waals surface area contributed by atoms with Crippen LogP contribution in [0.15, 0.2) is 48.5 Å². The summed E-state index contributed by atoms with van der Waals surface area (Å²) in [4.78, 5) is 12.5. The lowest BCUT2D eigenvalue weighted by atomic mass is 10.1. The van der Waals surface area contributed by atoms with Crippen LogP contribution in [0.2, 0.25) is 0 Å². The highest BCUT2D eigenvalue weighted by Gasteiger charge is 2.29. The van der Waals surface area contributed by atoms with Crippen molar-refractivity contribution < 1.29 is 33.6 Å². The van der Waals surface area contributed by atoms with Crippen molar-refractivity contribution in [3.8, 4) is 11.5 Å². The highest BCUT2D eigenvalue weighted by Crippen LogP contribution is 2.25. The molecule has 1 fully saturated rings. The normalized spacial score (nSPS) is 21.4. The molecule has 2 aromatic carbocycles. The SMILES string of the molecule is COc1cc(OCc2ccccc2)cc(C(=O)OCC2CC(O)CC(OC)O2)c1. The lowest BCUT2D eigenvalue weighted by molar-refractivity contribution is -0.210. The first kappa shape index (κ1) is 21.1. The standard InChI is InChI=1S/C22H26O7/c1-25-18-8-16(9-19(12-18)27-13-15-6-4-3-5-7-15)22(24)28-14-20-10-17(23)11-21(26-2)29-20/h3-9,12,17,20-21,23H,10-11,13-14H2,1-2H3. The molecule has 0 spiro atoms. The van der Waals surface area contributed by atoms with E-state index in [1.165, 1.54) is 14.2 Å². The van der Waals surface area contributed by atoms with Gasteiger partial charge in [0.2, 0.25) is 0 Å². The lowest BCUT2D eigenvalue weighted by Gasteiger charge is -2.31. The van der Waals surface area contributed by atoms with Gasteiger partial charge in [-0.15, -0.1) is 0 Å². The molecule has 3 unspecified atom stereocenters. The van der Waals surface area contributed by atoms with Gasteiger partial charge in [-0.3, -0.25) is 0 Å². The summed E-state index contributed by atoms with van der Waals surface area (Å²) in [7, 11) is 3.03. The van der Waals surface area contributed by atoms with Crippen molar-refractivity contribution >= 4 is 5.97 Å². The van der Waals surface area contributed by atoms with Crippen LogP contribution < -0.4 is 9.47 Å². The van der Waals surface area contributed by atoms with Gasteiger partial charge < -0.3 is 28.8 Å². The van der Waals surface area contributed by atoms with Gasteiger partial charge in [-0.1, -0.05) is 30.3 Å². The predicted molar refractivity (Wildman–Crippen MR) is 105 cm³/mol. The van der Waals surface area contributed by atoms with Crippen molar-refractivity contribution in [3.63, 3.8) is 0 Å². The Kier molecular flexibility index (Phi) is 7.46. The number of hydrogen-bond donors (Lipinski definition) is 1. The highest BCUT2D eigenvalue weighted by atomic mass is 16.7. The number of carbonyl (C=O) groups is 1. The van der Waals surface area contributed by atoms with E-state index in [0.29, 0.717) is 36.5 Å². The Morgan fingerprint density at radius 3 is 2.59 bits per heavy atom. The monoisotopic (exact) mass is 402 g/mol. The largest absolute Gasteiger partial charge is 0.497 e. The van der Waals surface area contributed by atoms with Gasteiger partial charge in [0.25, 0.3) is 0 Å². The first-order chi connectivity index (χ1) is 14.1. The summed E-state index contributed by atoms with van der Waals surface area (Å²) in [5, 5.41) is 9.89. The van der Waals surface area contributed by atoms with Gasteiger partial charge >= 0.3 is 5.97 Å². The van der Waals surface area contributed by atoms with Crippen molar-refractivity contribution in [2.24, 2.45) is 0 Å². The molecule has 156 valence electrons. The molecule has 7 nitrogen and oxygen atoms in total. The van der Waals surface area contributed by atoms with Crippen LogP contribution in [0.3, 0.4) is 0 Å². The first-order valence-corrected chi connectivity index (χ1v) is 9.46. The first-order valence-electron chi connectivity index (χ1n) is 9.46. The predicted octanol–water partition coefficient (Wildman–Crippen LogP) is 2.94. The summed E-state index contributed by atoms with van der Waals surface area (Å²) in [6.07, 6.45) is -0.688. The van der Waals surface area contributed by atoms with E-state index in [4.69, 9.17) is 23.7 Å². The summed E-state index contributed by atoms with van der Waals surface area (Å²) in [5.74, 6) is 0.473. The zero-order chi connectivity index (χ0) is 20.6. The number of aliphatic hydroxyl groups is 1. The molecule has 0 saturated carbocycles. The molecule has 1 saturated heterocycles. The van der Waals surface area contributed by atoms with E-state index >= 15 is 0 Å². The van der Waals surface area contributed by atoms with Crippen LogP contribution in [0, 0.1) is 0 Å². The molecule has 3 atom stereocenters. The maximum Gasteiger partial charge on any atom is 0.338 e. The molecule has 1 heterocycles. The summed E-state index contributed by atoms with van der Waals surface area (Å²) in [5.41, 5.74) is 1.33. The van der Waals surface area contributed by atoms with Crippen LogP contribution in [-0.4, -0.2) is 50.4 Å². The second-order valence-corrected chi connectivity index (χ2v) is 6.82. The third-order valence-electron chi connectivity index (χ3n) is 4.61. The highest BCUT2D eigenvalue weighted by molar-refractivity contribution is 5.90. The molecule has 1 aliphatic heterocycles. The number of methoxy groups -OCH3 is 2. The number of benzene rings is 2. The zero-order valence-corrected chi connectivity index (χ0v) is 16.6. The Balaban J connectivity index is 1.61. The Morgan fingerprint density at radius 2 is 1.86 bits per heavy atom. The molecule has 2 aromatic rings. The molecular formula is C22H26O7. The average Bonchev–Trinajstić information content (AvgIpc) is 2.76. The third kappa shape index (κ3) is 6.19. The number of esters is 1. The molecule has 0 radical (unpaired) electrons. The van der Waals surface area contributed by atoms with Crippen molar-refractivity contribution in [2.75, 3.05) is 20.8 Å². The van der Waals surface area contributed by atoms with E-state index in [-0.39, 0.29) is 6.61 Å². The fraction of sp³-hybridized carbons (Fsp3) is 0.409. The van der Waals surface area contributed by atoms with Crippen LogP contribution in [-0.2, 0) is 20.8 Å². The molecule has 29 heavy (non-hydrogen) atoms. The molecule has 0 bridgehead atoms. The lowest BCUT2D eigenvalue weighted by Crippen LogP contribution is -2.39. The number of rotatable bonds is 8. The number of aliphatic hydroxyl groups excluding tert-OH is 1. The fourth-order valence-corrected chi connectivity index (χ4v) is 3.09. The molecule has 1 aliphatic rings. The fourth-order valence-electron chi connectivity index (χ4n) is 3.09. The number of hydrogen-bond acceptors (Lipinski definition) is 7. The van der Waals surface area contributed by atoms with Crippen LogP contribution in [0.4, 0.5) is 0 Å². The van der Waals surface area contributed by atoms with E-state index in [9.17, 15) is 9.90 Å². The zero-order valence-electron chi connectivity index (χ0n) is 16.6. The molecule has 3 rings (SSSR count). The van der Waals surface area contributed by atoms with Crippen LogP contribution in [0.1, 0.15) is 28.8 Å². The second kappa shape index (κ2) is 10.2. The maximum atomic E-state index is 12.5. The van der Waals surface area contributed by atoms with Gasteiger partial charge in [-0.05, 0) is 17.7 Å². The van der Waals surface area contributed by atoms with Crippen LogP contribution in [0.5, 0.6) is 11.5 Å². The molecular weight excluding hydrogens is 376 g/mol. The van der Waals surface area contributed by atoms with Gasteiger partial charge in [-0.25, -0.2) is 4.79 Å². The van der Waals surface area contributed by atoms with Crippen LogP contribution in [0.25, 0.3) is 0 Å². The quantitative estimate of drug-likeness (QED) is 0.680. The van der Waals surface area contributed by atoms with E-state index in [1.807, 2.05) is 30.3 Å². The van der Waals surface area contributed by atoms with Gasteiger partial charge in [0.15, 0.2) is 6.29 Å². The smallest absolute Gasteiger partial charge is 0.338 e. The Bertz CT molecular complexity index is 793. The van der Waals surface area contributed by atoms with E-state index in [0.717, 1.165) is 5.56 Å². The van der Waals surface area contributed by atoms with Crippen molar-refractivity contribution in [2.45, 2.75) is 37.9 Å². The minimum absolute atomic E-state index is 0.0210.